The first-order valence-electron chi connectivity index (χ1n) is 9.15. The number of ether oxygens (including phenoxy) is 2. The van der Waals surface area contributed by atoms with Gasteiger partial charge in [0, 0.05) is 31.4 Å². The monoisotopic (exact) mass is 318 g/mol. The molecule has 2 saturated heterocycles. The van der Waals surface area contributed by atoms with Crippen LogP contribution in [0.2, 0.25) is 0 Å². The first-order chi connectivity index (χ1) is 11.4. The summed E-state index contributed by atoms with van der Waals surface area (Å²) in [4.78, 5) is 4.98. The third kappa shape index (κ3) is 4.54. The fourth-order valence-corrected chi connectivity index (χ4v) is 3.60. The Kier molecular flexibility index (Phi) is 6.03. The van der Waals surface area contributed by atoms with Gasteiger partial charge in [-0.05, 0) is 57.3 Å². The summed E-state index contributed by atoms with van der Waals surface area (Å²) in [6.07, 6.45) is 7.76. The number of anilines is 1. The highest BCUT2D eigenvalue weighted by Gasteiger charge is 2.15. The Morgan fingerprint density at radius 1 is 0.913 bits per heavy atom. The highest BCUT2D eigenvalue weighted by molar-refractivity contribution is 5.56. The molecule has 0 N–H and O–H groups in total. The topological polar surface area (TPSA) is 24.9 Å². The molecule has 2 heterocycles. The lowest BCUT2D eigenvalue weighted by molar-refractivity contribution is 0.203. The molecule has 128 valence electrons. The Bertz CT molecular complexity index is 480. The average molecular weight is 318 g/mol. The van der Waals surface area contributed by atoms with Gasteiger partial charge in [0.2, 0.25) is 0 Å². The molecular formula is C19H30N2O2. The van der Waals surface area contributed by atoms with Crippen LogP contribution in [0.4, 0.5) is 5.69 Å². The van der Waals surface area contributed by atoms with Gasteiger partial charge >= 0.3 is 0 Å². The van der Waals surface area contributed by atoms with E-state index in [4.69, 9.17) is 9.47 Å². The van der Waals surface area contributed by atoms with Crippen molar-refractivity contribution in [3.05, 3.63) is 18.2 Å². The number of piperidine rings is 1. The molecule has 0 radical (unpaired) electrons. The standard InChI is InChI=1S/C19H30N2O2/c1-22-19-16-17(21-13-5-6-14-21)8-9-18(19)23-15-7-12-20-10-3-2-4-11-20/h8-9,16H,2-7,10-15H2,1H3. The van der Waals surface area contributed by atoms with Gasteiger partial charge in [0.05, 0.1) is 13.7 Å². The van der Waals surface area contributed by atoms with Crippen LogP contribution < -0.4 is 14.4 Å². The molecular weight excluding hydrogens is 288 g/mol. The lowest BCUT2D eigenvalue weighted by Crippen LogP contribution is -2.31. The molecule has 0 saturated carbocycles. The Morgan fingerprint density at radius 3 is 2.39 bits per heavy atom. The molecule has 4 nitrogen and oxygen atoms in total. The molecule has 2 aliphatic heterocycles. The quantitative estimate of drug-likeness (QED) is 0.718. The molecule has 3 rings (SSSR count). The minimum atomic E-state index is 0.760. The number of likely N-dealkylation sites (tertiary alicyclic amines) is 1. The molecule has 0 spiro atoms. The summed E-state index contributed by atoms with van der Waals surface area (Å²) in [5.74, 6) is 1.72. The number of hydrogen-bond donors (Lipinski definition) is 0. The van der Waals surface area contributed by atoms with Gasteiger partial charge in [-0.15, -0.1) is 0 Å². The van der Waals surface area contributed by atoms with Crippen LogP contribution in [-0.4, -0.2) is 51.3 Å². The van der Waals surface area contributed by atoms with E-state index >= 15 is 0 Å². The Morgan fingerprint density at radius 2 is 1.65 bits per heavy atom. The Labute approximate surface area is 140 Å². The molecule has 1 aromatic carbocycles. The SMILES string of the molecule is COc1cc(N2CCCC2)ccc1OCCCN1CCCCC1. The zero-order valence-corrected chi connectivity index (χ0v) is 14.4. The number of hydrogen-bond acceptors (Lipinski definition) is 4. The van der Waals surface area contributed by atoms with Crippen LogP contribution in [0.5, 0.6) is 11.5 Å². The molecule has 0 unspecified atom stereocenters. The number of methoxy groups -OCH3 is 1. The van der Waals surface area contributed by atoms with Gasteiger partial charge in [0.25, 0.3) is 0 Å². The van der Waals surface area contributed by atoms with E-state index in [2.05, 4.69) is 28.0 Å². The molecule has 0 aromatic heterocycles. The summed E-state index contributed by atoms with van der Waals surface area (Å²) < 4.78 is 11.5. The molecule has 0 amide bonds. The highest BCUT2D eigenvalue weighted by Crippen LogP contribution is 2.33. The predicted molar refractivity (Wildman–Crippen MR) is 94.8 cm³/mol. The molecule has 23 heavy (non-hydrogen) atoms. The normalized spacial score (nSPS) is 19.1. The van der Waals surface area contributed by atoms with Crippen LogP contribution >= 0.6 is 0 Å². The summed E-state index contributed by atoms with van der Waals surface area (Å²) in [6.45, 7) is 6.73. The maximum atomic E-state index is 5.97. The van der Waals surface area contributed by atoms with Crippen LogP contribution in [0.15, 0.2) is 18.2 Å². The maximum Gasteiger partial charge on any atom is 0.162 e. The first-order valence-corrected chi connectivity index (χ1v) is 9.15. The zero-order chi connectivity index (χ0) is 15.9. The van der Waals surface area contributed by atoms with E-state index < -0.39 is 0 Å². The lowest BCUT2D eigenvalue weighted by Gasteiger charge is -2.26. The van der Waals surface area contributed by atoms with Gasteiger partial charge in [0.1, 0.15) is 0 Å². The van der Waals surface area contributed by atoms with Crippen LogP contribution in [0, 0.1) is 0 Å². The van der Waals surface area contributed by atoms with Crippen molar-refractivity contribution < 1.29 is 9.47 Å². The smallest absolute Gasteiger partial charge is 0.162 e. The number of rotatable bonds is 7. The van der Waals surface area contributed by atoms with Crippen molar-refractivity contribution in [2.75, 3.05) is 51.3 Å². The van der Waals surface area contributed by atoms with Crippen molar-refractivity contribution >= 4 is 5.69 Å². The van der Waals surface area contributed by atoms with Crippen molar-refractivity contribution in [3.63, 3.8) is 0 Å². The van der Waals surface area contributed by atoms with Gasteiger partial charge in [-0.25, -0.2) is 0 Å². The zero-order valence-electron chi connectivity index (χ0n) is 14.4. The third-order valence-electron chi connectivity index (χ3n) is 4.94. The molecule has 1 aromatic rings. The maximum absolute atomic E-state index is 5.97. The second-order valence-electron chi connectivity index (χ2n) is 6.63. The van der Waals surface area contributed by atoms with E-state index in [-0.39, 0.29) is 0 Å². The highest BCUT2D eigenvalue weighted by atomic mass is 16.5. The van der Waals surface area contributed by atoms with E-state index in [1.807, 2.05) is 0 Å². The third-order valence-corrected chi connectivity index (χ3v) is 4.94. The van der Waals surface area contributed by atoms with Crippen molar-refractivity contribution in [2.45, 2.75) is 38.5 Å². The van der Waals surface area contributed by atoms with Crippen molar-refractivity contribution in [1.29, 1.82) is 0 Å². The van der Waals surface area contributed by atoms with E-state index in [9.17, 15) is 0 Å². The average Bonchev–Trinajstić information content (AvgIpc) is 3.14. The van der Waals surface area contributed by atoms with Crippen LogP contribution in [0.3, 0.4) is 0 Å². The minimum Gasteiger partial charge on any atom is -0.493 e. The number of nitrogens with zero attached hydrogens (tertiary/aromatic N) is 2. The van der Waals surface area contributed by atoms with E-state index in [1.54, 1.807) is 7.11 Å². The summed E-state index contributed by atoms with van der Waals surface area (Å²) in [7, 11) is 1.73. The van der Waals surface area contributed by atoms with E-state index in [1.165, 1.54) is 50.9 Å². The van der Waals surface area contributed by atoms with Crippen molar-refractivity contribution in [1.82, 2.24) is 4.90 Å². The van der Waals surface area contributed by atoms with Gasteiger partial charge in [-0.1, -0.05) is 6.42 Å². The second kappa shape index (κ2) is 8.44. The van der Waals surface area contributed by atoms with Crippen LogP contribution in [0.1, 0.15) is 38.5 Å². The molecule has 2 aliphatic rings. The van der Waals surface area contributed by atoms with E-state index in [0.29, 0.717) is 0 Å². The molecule has 4 heteroatoms. The first kappa shape index (κ1) is 16.4. The predicted octanol–water partition coefficient (Wildman–Crippen LogP) is 3.55. The second-order valence-corrected chi connectivity index (χ2v) is 6.63. The van der Waals surface area contributed by atoms with Gasteiger partial charge < -0.3 is 19.3 Å². The summed E-state index contributed by atoms with van der Waals surface area (Å²) in [5, 5.41) is 0. The van der Waals surface area contributed by atoms with E-state index in [0.717, 1.165) is 44.2 Å². The van der Waals surface area contributed by atoms with Crippen LogP contribution in [-0.2, 0) is 0 Å². The molecule has 2 fully saturated rings. The van der Waals surface area contributed by atoms with Gasteiger partial charge in [0.15, 0.2) is 11.5 Å². The van der Waals surface area contributed by atoms with Crippen LogP contribution in [0.25, 0.3) is 0 Å². The molecule has 0 atom stereocenters. The largest absolute Gasteiger partial charge is 0.493 e. The van der Waals surface area contributed by atoms with Crippen molar-refractivity contribution in [3.8, 4) is 11.5 Å². The molecule has 0 bridgehead atoms. The fraction of sp³-hybridized carbons (Fsp3) is 0.684. The van der Waals surface area contributed by atoms with Gasteiger partial charge in [-0.2, -0.15) is 0 Å². The summed E-state index contributed by atoms with van der Waals surface area (Å²) in [6, 6.07) is 6.34. The Hall–Kier alpha value is -1.42. The Balaban J connectivity index is 1.48. The molecule has 0 aliphatic carbocycles. The lowest BCUT2D eigenvalue weighted by atomic mass is 10.1. The number of benzene rings is 1. The fourth-order valence-electron chi connectivity index (χ4n) is 3.60. The van der Waals surface area contributed by atoms with Gasteiger partial charge in [-0.3, -0.25) is 0 Å². The van der Waals surface area contributed by atoms with Crippen molar-refractivity contribution in [2.24, 2.45) is 0 Å². The summed E-state index contributed by atoms with van der Waals surface area (Å²) in [5.41, 5.74) is 1.25. The summed E-state index contributed by atoms with van der Waals surface area (Å²) >= 11 is 0. The minimum absolute atomic E-state index is 0.760.